The third-order valence-corrected chi connectivity index (χ3v) is 4.42. The summed E-state index contributed by atoms with van der Waals surface area (Å²) in [5, 5.41) is 8.12. The Morgan fingerprint density at radius 3 is 3.11 bits per heavy atom. The largest absolute Gasteiger partial charge is 0.383 e. The van der Waals surface area contributed by atoms with Gasteiger partial charge in [-0.3, -0.25) is 4.68 Å². The van der Waals surface area contributed by atoms with Crippen LogP contribution in [0.25, 0.3) is 0 Å². The Labute approximate surface area is 114 Å². The summed E-state index contributed by atoms with van der Waals surface area (Å²) in [6.07, 6.45) is 6.88. The predicted octanol–water partition coefficient (Wildman–Crippen LogP) is 1.11. The molecule has 0 radical (unpaired) electrons. The highest BCUT2D eigenvalue weighted by atomic mass is 16.5. The fourth-order valence-electron chi connectivity index (χ4n) is 3.05. The maximum absolute atomic E-state index is 5.09. The highest BCUT2D eigenvalue weighted by Gasteiger charge is 2.44. The second kappa shape index (κ2) is 5.13. The van der Waals surface area contributed by atoms with Crippen LogP contribution < -0.4 is 10.2 Å². The summed E-state index contributed by atoms with van der Waals surface area (Å²) in [5.74, 6) is 0.860. The molecule has 1 saturated heterocycles. The lowest BCUT2D eigenvalue weighted by Crippen LogP contribution is -2.60. The van der Waals surface area contributed by atoms with Gasteiger partial charge < -0.3 is 15.0 Å². The van der Waals surface area contributed by atoms with Crippen LogP contribution in [-0.2, 0) is 11.3 Å². The van der Waals surface area contributed by atoms with E-state index in [1.807, 2.05) is 10.9 Å². The third kappa shape index (κ3) is 2.77. The molecule has 0 aromatic carbocycles. The standard InChI is InChI=1S/C14H24N4O/c1-14(12-3-4-12)11-17(6-5-15-14)13-9-16-18(10-13)7-8-19-2/h9-10,12,15H,3-8,11H2,1-2H3. The van der Waals surface area contributed by atoms with Gasteiger partial charge in [-0.2, -0.15) is 5.10 Å². The van der Waals surface area contributed by atoms with E-state index >= 15 is 0 Å². The van der Waals surface area contributed by atoms with Crippen molar-refractivity contribution in [3.63, 3.8) is 0 Å². The number of nitrogens with one attached hydrogen (secondary N) is 1. The molecule has 1 unspecified atom stereocenters. The summed E-state index contributed by atoms with van der Waals surface area (Å²) in [5.41, 5.74) is 1.52. The predicted molar refractivity (Wildman–Crippen MR) is 75.4 cm³/mol. The zero-order valence-corrected chi connectivity index (χ0v) is 11.9. The van der Waals surface area contributed by atoms with Gasteiger partial charge in [0.25, 0.3) is 0 Å². The first-order valence-corrected chi connectivity index (χ1v) is 7.23. The molecule has 1 atom stereocenters. The minimum absolute atomic E-state index is 0.285. The van der Waals surface area contributed by atoms with Crippen LogP contribution >= 0.6 is 0 Å². The van der Waals surface area contributed by atoms with Gasteiger partial charge in [-0.15, -0.1) is 0 Å². The normalized spacial score (nSPS) is 27.8. The fraction of sp³-hybridized carbons (Fsp3) is 0.786. The number of piperazine rings is 1. The number of hydrogen-bond acceptors (Lipinski definition) is 4. The molecule has 1 saturated carbocycles. The van der Waals surface area contributed by atoms with Crippen molar-refractivity contribution in [2.45, 2.75) is 31.8 Å². The topological polar surface area (TPSA) is 42.3 Å². The molecule has 5 heteroatoms. The molecule has 3 rings (SSSR count). The Kier molecular flexibility index (Phi) is 3.50. The number of nitrogens with zero attached hydrogens (tertiary/aromatic N) is 3. The van der Waals surface area contributed by atoms with Crippen LogP contribution in [0.5, 0.6) is 0 Å². The first kappa shape index (κ1) is 12.9. The van der Waals surface area contributed by atoms with Crippen LogP contribution in [0.2, 0.25) is 0 Å². The second-order valence-corrected chi connectivity index (χ2v) is 5.99. The van der Waals surface area contributed by atoms with Crippen LogP contribution in [0.1, 0.15) is 19.8 Å². The maximum atomic E-state index is 5.09. The summed E-state index contributed by atoms with van der Waals surface area (Å²) >= 11 is 0. The van der Waals surface area contributed by atoms with Crippen molar-refractivity contribution in [2.75, 3.05) is 38.3 Å². The lowest BCUT2D eigenvalue weighted by Gasteiger charge is -2.42. The Bertz CT molecular complexity index is 429. The minimum Gasteiger partial charge on any atom is -0.383 e. The van der Waals surface area contributed by atoms with E-state index in [4.69, 9.17) is 4.74 Å². The molecule has 5 nitrogen and oxygen atoms in total. The van der Waals surface area contributed by atoms with Crippen LogP contribution in [0, 0.1) is 5.92 Å². The van der Waals surface area contributed by atoms with Crippen molar-refractivity contribution < 1.29 is 4.74 Å². The van der Waals surface area contributed by atoms with E-state index in [2.05, 4.69) is 28.4 Å². The molecule has 106 valence electrons. The fourth-order valence-corrected chi connectivity index (χ4v) is 3.05. The van der Waals surface area contributed by atoms with E-state index in [1.54, 1.807) is 7.11 Å². The molecule has 0 spiro atoms. The number of aromatic nitrogens is 2. The van der Waals surface area contributed by atoms with Gasteiger partial charge in [-0.25, -0.2) is 0 Å². The number of methoxy groups -OCH3 is 1. The van der Waals surface area contributed by atoms with Gasteiger partial charge in [0.15, 0.2) is 0 Å². The Morgan fingerprint density at radius 2 is 2.37 bits per heavy atom. The van der Waals surface area contributed by atoms with Gasteiger partial charge in [0.2, 0.25) is 0 Å². The van der Waals surface area contributed by atoms with Crippen molar-refractivity contribution in [1.82, 2.24) is 15.1 Å². The molecule has 2 heterocycles. The average Bonchev–Trinajstić information content (AvgIpc) is 3.17. The van der Waals surface area contributed by atoms with Gasteiger partial charge >= 0.3 is 0 Å². The molecule has 1 aliphatic heterocycles. The van der Waals surface area contributed by atoms with Crippen LogP contribution in [0.3, 0.4) is 0 Å². The molecule has 1 N–H and O–H groups in total. The highest BCUT2D eigenvalue weighted by molar-refractivity contribution is 5.44. The second-order valence-electron chi connectivity index (χ2n) is 5.99. The number of rotatable bonds is 5. The monoisotopic (exact) mass is 264 g/mol. The van der Waals surface area contributed by atoms with Gasteiger partial charge in [-0.1, -0.05) is 0 Å². The lowest BCUT2D eigenvalue weighted by molar-refractivity contribution is 0.183. The number of ether oxygens (including phenoxy) is 1. The molecular weight excluding hydrogens is 240 g/mol. The molecule has 2 aliphatic rings. The van der Waals surface area contributed by atoms with Crippen LogP contribution in [0.4, 0.5) is 5.69 Å². The third-order valence-electron chi connectivity index (χ3n) is 4.42. The summed E-state index contributed by atoms with van der Waals surface area (Å²) in [6.45, 7) is 7.12. The van der Waals surface area contributed by atoms with Crippen molar-refractivity contribution in [2.24, 2.45) is 5.92 Å². The quantitative estimate of drug-likeness (QED) is 0.865. The van der Waals surface area contributed by atoms with Gasteiger partial charge in [0.05, 0.1) is 25.0 Å². The minimum atomic E-state index is 0.285. The number of hydrogen-bond donors (Lipinski definition) is 1. The Morgan fingerprint density at radius 1 is 1.53 bits per heavy atom. The first-order chi connectivity index (χ1) is 9.21. The van der Waals surface area contributed by atoms with E-state index in [-0.39, 0.29) is 5.54 Å². The van der Waals surface area contributed by atoms with Crippen molar-refractivity contribution >= 4 is 5.69 Å². The molecule has 1 aromatic rings. The van der Waals surface area contributed by atoms with Gasteiger partial charge in [0, 0.05) is 38.5 Å². The molecule has 1 aromatic heterocycles. The average molecular weight is 264 g/mol. The van der Waals surface area contributed by atoms with E-state index in [1.165, 1.54) is 18.5 Å². The highest BCUT2D eigenvalue weighted by Crippen LogP contribution is 2.41. The van der Waals surface area contributed by atoms with Crippen LogP contribution in [0.15, 0.2) is 12.4 Å². The Balaban J connectivity index is 1.66. The van der Waals surface area contributed by atoms with E-state index in [9.17, 15) is 0 Å². The zero-order valence-electron chi connectivity index (χ0n) is 11.9. The molecule has 2 fully saturated rings. The molecule has 1 aliphatic carbocycles. The summed E-state index contributed by atoms with van der Waals surface area (Å²) in [4.78, 5) is 2.46. The SMILES string of the molecule is COCCn1cc(N2CCNC(C)(C3CC3)C2)cn1. The van der Waals surface area contributed by atoms with Crippen molar-refractivity contribution in [1.29, 1.82) is 0 Å². The van der Waals surface area contributed by atoms with Crippen molar-refractivity contribution in [3.8, 4) is 0 Å². The van der Waals surface area contributed by atoms with Crippen molar-refractivity contribution in [3.05, 3.63) is 12.4 Å². The first-order valence-electron chi connectivity index (χ1n) is 7.23. The van der Waals surface area contributed by atoms with E-state index < -0.39 is 0 Å². The van der Waals surface area contributed by atoms with Gasteiger partial charge in [0.1, 0.15) is 0 Å². The van der Waals surface area contributed by atoms with Crippen LogP contribution in [-0.4, -0.2) is 48.7 Å². The van der Waals surface area contributed by atoms with Gasteiger partial charge in [-0.05, 0) is 25.7 Å². The summed E-state index contributed by atoms with van der Waals surface area (Å²) in [6, 6.07) is 0. The van der Waals surface area contributed by atoms with E-state index in [0.717, 1.165) is 32.1 Å². The zero-order chi connectivity index (χ0) is 13.3. The summed E-state index contributed by atoms with van der Waals surface area (Å²) in [7, 11) is 1.72. The van der Waals surface area contributed by atoms with E-state index in [0.29, 0.717) is 6.61 Å². The smallest absolute Gasteiger partial charge is 0.0753 e. The number of anilines is 1. The molecule has 19 heavy (non-hydrogen) atoms. The molecule has 0 bridgehead atoms. The Hall–Kier alpha value is -1.07. The molecular formula is C14H24N4O. The summed E-state index contributed by atoms with van der Waals surface area (Å²) < 4.78 is 7.06. The lowest BCUT2D eigenvalue weighted by atomic mass is 9.93. The molecule has 0 amide bonds. The maximum Gasteiger partial charge on any atom is 0.0753 e.